The lowest BCUT2D eigenvalue weighted by Crippen LogP contribution is -1.94. The van der Waals surface area contributed by atoms with Crippen LogP contribution in [0.5, 0.6) is 0 Å². The minimum atomic E-state index is -3.47. The van der Waals surface area contributed by atoms with Crippen molar-refractivity contribution in [3.8, 4) is 0 Å². The Bertz CT molecular complexity index is 561. The Balaban J connectivity index is 2.44. The number of nitrogens with zero attached hydrogens (tertiary/aromatic N) is 1. The molecule has 0 amide bonds. The molecule has 0 fully saturated rings. The molecule has 1 aromatic carbocycles. The van der Waals surface area contributed by atoms with E-state index in [9.17, 15) is 8.42 Å². The van der Waals surface area contributed by atoms with Gasteiger partial charge in [0.05, 0.1) is 10.5 Å². The van der Waals surface area contributed by atoms with Crippen LogP contribution in [0, 0.1) is 0 Å². The van der Waals surface area contributed by atoms with Gasteiger partial charge < -0.3 is 0 Å². The summed E-state index contributed by atoms with van der Waals surface area (Å²) in [6.07, 6.45) is 1.71. The highest BCUT2D eigenvalue weighted by molar-refractivity contribution is 8.13. The number of halogens is 1. The van der Waals surface area contributed by atoms with E-state index in [1.165, 1.54) is 11.5 Å². The van der Waals surface area contributed by atoms with E-state index in [4.69, 9.17) is 10.7 Å². The van der Waals surface area contributed by atoms with Gasteiger partial charge in [-0.05, 0) is 29.2 Å². The van der Waals surface area contributed by atoms with Crippen molar-refractivity contribution in [1.29, 1.82) is 0 Å². The maximum atomic E-state index is 10.8. The highest BCUT2D eigenvalue weighted by Gasteiger charge is 2.07. The summed E-state index contributed by atoms with van der Waals surface area (Å²) in [5.41, 5.74) is 0.688. The molecule has 0 unspecified atom stereocenters. The largest absolute Gasteiger partial charge is 0.236 e. The molecule has 2 aromatic rings. The molecule has 2 rings (SSSR count). The molecule has 6 heteroatoms. The third kappa shape index (κ3) is 2.23. The fourth-order valence-corrected chi connectivity index (χ4v) is 2.79. The van der Waals surface area contributed by atoms with E-state index in [1.807, 2.05) is 6.07 Å². The normalized spacial score (nSPS) is 12.1. The third-order valence-corrected chi connectivity index (χ3v) is 3.54. The van der Waals surface area contributed by atoms with Gasteiger partial charge in [0, 0.05) is 22.3 Å². The fraction of sp³-hybridized carbons (Fsp3) is 0.125. The first-order valence-electron chi connectivity index (χ1n) is 3.80. The van der Waals surface area contributed by atoms with Gasteiger partial charge in [-0.1, -0.05) is 6.07 Å². The Morgan fingerprint density at radius 3 is 2.93 bits per heavy atom. The van der Waals surface area contributed by atoms with Crippen molar-refractivity contribution in [1.82, 2.24) is 4.37 Å². The number of hydrogen-bond donors (Lipinski definition) is 0. The summed E-state index contributed by atoms with van der Waals surface area (Å²) in [7, 11) is 1.68. The number of aromatic nitrogens is 1. The summed E-state index contributed by atoms with van der Waals surface area (Å²) < 4.78 is 26.7. The molecule has 0 aliphatic heterocycles. The summed E-state index contributed by atoms with van der Waals surface area (Å²) in [6, 6.07) is 5.39. The zero-order chi connectivity index (χ0) is 10.2. The van der Waals surface area contributed by atoms with Crippen LogP contribution < -0.4 is 0 Å². The number of hydrogen-bond acceptors (Lipinski definition) is 4. The summed E-state index contributed by atoms with van der Waals surface area (Å²) in [5.74, 6) is -0.139. The SMILES string of the molecule is O=S(=O)(Cl)Cc1ccc2sncc2c1. The Hall–Kier alpha value is -0.650. The molecular weight excluding hydrogens is 242 g/mol. The predicted molar refractivity (Wildman–Crippen MR) is 58.1 cm³/mol. The van der Waals surface area contributed by atoms with Crippen molar-refractivity contribution in [2.75, 3.05) is 0 Å². The molecule has 0 bridgehead atoms. The van der Waals surface area contributed by atoms with E-state index >= 15 is 0 Å². The Morgan fingerprint density at radius 1 is 1.43 bits per heavy atom. The zero-order valence-corrected chi connectivity index (χ0v) is 9.36. The Morgan fingerprint density at radius 2 is 2.21 bits per heavy atom. The van der Waals surface area contributed by atoms with Crippen molar-refractivity contribution in [3.05, 3.63) is 30.0 Å². The predicted octanol–water partition coefficient (Wildman–Crippen LogP) is 2.36. The topological polar surface area (TPSA) is 47.0 Å². The van der Waals surface area contributed by atoms with E-state index < -0.39 is 9.05 Å². The molecule has 0 spiro atoms. The highest BCUT2D eigenvalue weighted by atomic mass is 35.7. The van der Waals surface area contributed by atoms with Gasteiger partial charge in [0.1, 0.15) is 0 Å². The van der Waals surface area contributed by atoms with Crippen LogP contribution in [-0.2, 0) is 14.8 Å². The van der Waals surface area contributed by atoms with E-state index in [2.05, 4.69) is 4.37 Å². The van der Waals surface area contributed by atoms with E-state index in [-0.39, 0.29) is 5.75 Å². The zero-order valence-electron chi connectivity index (χ0n) is 6.97. The van der Waals surface area contributed by atoms with E-state index in [0.29, 0.717) is 5.56 Å². The highest BCUT2D eigenvalue weighted by Crippen LogP contribution is 2.20. The summed E-state index contributed by atoms with van der Waals surface area (Å²) in [6.45, 7) is 0. The van der Waals surface area contributed by atoms with Gasteiger partial charge in [-0.2, -0.15) is 4.37 Å². The summed E-state index contributed by atoms with van der Waals surface area (Å²) >= 11 is 1.38. The van der Waals surface area contributed by atoms with Gasteiger partial charge >= 0.3 is 0 Å². The second-order valence-electron chi connectivity index (χ2n) is 2.88. The van der Waals surface area contributed by atoms with Crippen LogP contribution >= 0.6 is 22.2 Å². The van der Waals surface area contributed by atoms with Crippen LogP contribution in [-0.4, -0.2) is 12.8 Å². The van der Waals surface area contributed by atoms with Gasteiger partial charge in [-0.15, -0.1) is 0 Å². The minimum Gasteiger partial charge on any atom is -0.212 e. The third-order valence-electron chi connectivity index (χ3n) is 1.76. The first-order chi connectivity index (χ1) is 6.54. The van der Waals surface area contributed by atoms with Gasteiger partial charge in [0.2, 0.25) is 9.05 Å². The average molecular weight is 248 g/mol. The number of fused-ring (bicyclic) bond motifs is 1. The van der Waals surface area contributed by atoms with Gasteiger partial charge in [-0.3, -0.25) is 0 Å². The van der Waals surface area contributed by atoms with Crippen LogP contribution in [0.4, 0.5) is 0 Å². The molecule has 0 radical (unpaired) electrons. The van der Waals surface area contributed by atoms with Crippen molar-refractivity contribution in [2.45, 2.75) is 5.75 Å². The van der Waals surface area contributed by atoms with E-state index in [1.54, 1.807) is 18.3 Å². The smallest absolute Gasteiger partial charge is 0.212 e. The summed E-state index contributed by atoms with van der Waals surface area (Å²) in [5, 5.41) is 0.952. The Kier molecular flexibility index (Phi) is 2.47. The van der Waals surface area contributed by atoms with Gasteiger partial charge in [-0.25, -0.2) is 8.42 Å². The second kappa shape index (κ2) is 3.49. The van der Waals surface area contributed by atoms with Crippen LogP contribution in [0.3, 0.4) is 0 Å². The lowest BCUT2D eigenvalue weighted by atomic mass is 10.2. The lowest BCUT2D eigenvalue weighted by Gasteiger charge is -1.97. The molecule has 0 aliphatic carbocycles. The van der Waals surface area contributed by atoms with Crippen molar-refractivity contribution < 1.29 is 8.42 Å². The number of rotatable bonds is 2. The molecule has 3 nitrogen and oxygen atoms in total. The van der Waals surface area contributed by atoms with Gasteiger partial charge in [0.25, 0.3) is 0 Å². The van der Waals surface area contributed by atoms with Crippen molar-refractivity contribution in [2.24, 2.45) is 0 Å². The van der Waals surface area contributed by atoms with Crippen LogP contribution in [0.15, 0.2) is 24.4 Å². The first-order valence-corrected chi connectivity index (χ1v) is 7.05. The fourth-order valence-electron chi connectivity index (χ4n) is 1.21. The van der Waals surface area contributed by atoms with Crippen LogP contribution in [0.1, 0.15) is 5.56 Å². The number of benzene rings is 1. The molecular formula is C8H6ClNO2S2. The monoisotopic (exact) mass is 247 g/mol. The van der Waals surface area contributed by atoms with Crippen LogP contribution in [0.25, 0.3) is 10.1 Å². The molecule has 0 saturated carbocycles. The summed E-state index contributed by atoms with van der Waals surface area (Å²) in [4.78, 5) is 0. The average Bonchev–Trinajstić information content (AvgIpc) is 2.47. The molecule has 0 atom stereocenters. The van der Waals surface area contributed by atoms with Crippen LogP contribution in [0.2, 0.25) is 0 Å². The molecule has 1 heterocycles. The standard InChI is InChI=1S/C8H6ClNO2S2/c9-14(11,12)5-6-1-2-8-7(3-6)4-10-13-8/h1-4H,5H2. The molecule has 0 saturated heterocycles. The molecule has 14 heavy (non-hydrogen) atoms. The Labute approximate surface area is 89.9 Å². The van der Waals surface area contributed by atoms with Crippen molar-refractivity contribution >= 4 is 41.4 Å². The lowest BCUT2D eigenvalue weighted by molar-refractivity contribution is 0.609. The minimum absolute atomic E-state index is 0.139. The molecule has 1 aromatic heterocycles. The molecule has 74 valence electrons. The first kappa shape index (κ1) is 9.89. The van der Waals surface area contributed by atoms with E-state index in [0.717, 1.165) is 10.1 Å². The van der Waals surface area contributed by atoms with Crippen molar-refractivity contribution in [3.63, 3.8) is 0 Å². The second-order valence-corrected chi connectivity index (χ2v) is 6.49. The maximum Gasteiger partial charge on any atom is 0.236 e. The molecule has 0 N–H and O–H groups in total. The van der Waals surface area contributed by atoms with Gasteiger partial charge in [0.15, 0.2) is 0 Å². The maximum absolute atomic E-state index is 10.8. The quantitative estimate of drug-likeness (QED) is 0.766. The molecule has 0 aliphatic rings.